The van der Waals surface area contributed by atoms with Gasteiger partial charge >= 0.3 is 0 Å². The minimum absolute atomic E-state index is 0.173. The third kappa shape index (κ3) is 3.66. The lowest BCUT2D eigenvalue weighted by atomic mass is 9.70. The molecule has 0 saturated carbocycles. The lowest BCUT2D eigenvalue weighted by molar-refractivity contribution is 0.331. The molecule has 0 fully saturated rings. The van der Waals surface area contributed by atoms with E-state index in [9.17, 15) is 0 Å². The topological polar surface area (TPSA) is 3.24 Å². The molecule has 0 saturated heterocycles. The van der Waals surface area contributed by atoms with E-state index in [0.29, 0.717) is 12.0 Å². The monoisotopic (exact) mass is 521 g/mol. The largest absolute Gasteiger partial charge is 0.333 e. The van der Waals surface area contributed by atoms with Crippen LogP contribution in [0.25, 0.3) is 0 Å². The van der Waals surface area contributed by atoms with Gasteiger partial charge in [0.05, 0.1) is 6.04 Å². The van der Waals surface area contributed by atoms with Gasteiger partial charge in [0.1, 0.15) is 0 Å². The zero-order chi connectivity index (χ0) is 26.8. The van der Waals surface area contributed by atoms with Gasteiger partial charge in [0.25, 0.3) is 0 Å². The number of hydrogen-bond acceptors (Lipinski definition) is 1. The van der Waals surface area contributed by atoms with Gasteiger partial charge in [-0.2, -0.15) is 0 Å². The first kappa shape index (κ1) is 24.2. The molecule has 0 aromatic heterocycles. The Morgan fingerprint density at radius 3 is 2.33 bits per heavy atom. The molecule has 2 atom stereocenters. The van der Waals surface area contributed by atoms with E-state index in [-0.39, 0.29) is 5.41 Å². The summed E-state index contributed by atoms with van der Waals surface area (Å²) in [6.45, 7) is 5.03. The molecule has 1 nitrogen and oxygen atoms in total. The standard InChI is InChI=1S/C39H39N/c1-39(2)35-23-27(26-11-5-3-6-12-26)17-20-31(35)32-21-18-28(24-36(32)39)29-19-22-34-33-15-9-10-16-37(33)40(38(34)25-29)30-13-7-4-8-14-30/h3-5,7-11,13-15,17,20,24-25,35,37H,6,12,16,18-19,21-23H2,1-2H3. The van der Waals surface area contributed by atoms with E-state index in [1.54, 1.807) is 50.2 Å². The van der Waals surface area contributed by atoms with Gasteiger partial charge in [-0.15, -0.1) is 0 Å². The van der Waals surface area contributed by atoms with Crippen LogP contribution in [0.2, 0.25) is 0 Å². The summed E-state index contributed by atoms with van der Waals surface area (Å²) in [5, 5.41) is 0. The first-order chi connectivity index (χ1) is 19.6. The minimum atomic E-state index is 0.173. The first-order valence-corrected chi connectivity index (χ1v) is 15.5. The van der Waals surface area contributed by atoms with Gasteiger partial charge in [0.15, 0.2) is 0 Å². The first-order valence-electron chi connectivity index (χ1n) is 15.5. The molecule has 0 N–H and O–H groups in total. The lowest BCUT2D eigenvalue weighted by Crippen LogP contribution is -2.30. The number of nitrogens with zero attached hydrogens (tertiary/aromatic N) is 1. The summed E-state index contributed by atoms with van der Waals surface area (Å²) in [6.07, 6.45) is 33.3. The van der Waals surface area contributed by atoms with Crippen molar-refractivity contribution >= 4 is 5.69 Å². The number of allylic oxidation sites excluding steroid dienone is 16. The number of hydrogen-bond donors (Lipinski definition) is 0. The Balaban J connectivity index is 1.15. The van der Waals surface area contributed by atoms with Gasteiger partial charge in [0.2, 0.25) is 0 Å². The third-order valence-corrected chi connectivity index (χ3v) is 10.7. The van der Waals surface area contributed by atoms with Crippen molar-refractivity contribution < 1.29 is 0 Å². The van der Waals surface area contributed by atoms with Crippen LogP contribution in [0.5, 0.6) is 0 Å². The van der Waals surface area contributed by atoms with Gasteiger partial charge in [-0.05, 0) is 131 Å². The van der Waals surface area contributed by atoms with Crippen molar-refractivity contribution in [3.8, 4) is 0 Å². The molecule has 1 heterocycles. The summed E-state index contributed by atoms with van der Waals surface area (Å²) in [4.78, 5) is 2.62. The second-order valence-electron chi connectivity index (χ2n) is 13.1. The fourth-order valence-electron chi connectivity index (χ4n) is 8.52. The molecule has 1 heteroatoms. The molecule has 6 aliphatic carbocycles. The van der Waals surface area contributed by atoms with Crippen molar-refractivity contribution in [2.24, 2.45) is 11.3 Å². The molecular weight excluding hydrogens is 482 g/mol. The van der Waals surface area contributed by atoms with Crippen molar-refractivity contribution in [3.05, 3.63) is 147 Å². The molecule has 0 amide bonds. The van der Waals surface area contributed by atoms with Gasteiger partial charge < -0.3 is 4.90 Å². The predicted molar refractivity (Wildman–Crippen MR) is 168 cm³/mol. The molecule has 2 unspecified atom stereocenters. The number of anilines is 1. The van der Waals surface area contributed by atoms with Gasteiger partial charge in [-0.25, -0.2) is 0 Å². The van der Waals surface area contributed by atoms with E-state index in [1.807, 2.05) is 0 Å². The summed E-state index contributed by atoms with van der Waals surface area (Å²) in [6, 6.07) is 11.5. The molecule has 8 rings (SSSR count). The van der Waals surface area contributed by atoms with Crippen LogP contribution in [-0.4, -0.2) is 6.04 Å². The van der Waals surface area contributed by atoms with Crippen LogP contribution in [0.15, 0.2) is 147 Å². The van der Waals surface area contributed by atoms with Crippen LogP contribution >= 0.6 is 0 Å². The molecule has 7 aliphatic rings. The van der Waals surface area contributed by atoms with E-state index in [1.165, 1.54) is 43.5 Å². The molecule has 200 valence electrons. The molecule has 0 radical (unpaired) electrons. The summed E-state index contributed by atoms with van der Waals surface area (Å²) in [5.41, 5.74) is 17.2. The van der Waals surface area contributed by atoms with Crippen LogP contribution in [0, 0.1) is 11.3 Å². The molecule has 40 heavy (non-hydrogen) atoms. The number of para-hydroxylation sites is 1. The maximum atomic E-state index is 2.63. The molecule has 1 aromatic rings. The SMILES string of the molecule is CC1(C)C2=C(CCC(C3=CC4=C(CC3)C3=CC=CCC3N4c3ccccc3)=C2)C2=CC=C(C3=CC=CCC3)CC21. The molecular formula is C39H39N. The van der Waals surface area contributed by atoms with Crippen LogP contribution in [0.3, 0.4) is 0 Å². The Kier molecular flexibility index (Phi) is 5.59. The zero-order valence-corrected chi connectivity index (χ0v) is 23.9. The lowest BCUT2D eigenvalue weighted by Gasteiger charge is -2.34. The Morgan fingerprint density at radius 1 is 0.700 bits per heavy atom. The highest BCUT2D eigenvalue weighted by atomic mass is 15.2. The highest BCUT2D eigenvalue weighted by Crippen LogP contribution is 2.58. The molecule has 0 bridgehead atoms. The maximum Gasteiger partial charge on any atom is 0.0629 e. The molecule has 0 spiro atoms. The second kappa shape index (κ2) is 9.23. The highest BCUT2D eigenvalue weighted by Gasteiger charge is 2.46. The number of fused-ring (bicyclic) bond motifs is 4. The summed E-state index contributed by atoms with van der Waals surface area (Å²) >= 11 is 0. The molecule has 1 aliphatic heterocycles. The third-order valence-electron chi connectivity index (χ3n) is 10.7. The predicted octanol–water partition coefficient (Wildman–Crippen LogP) is 9.94. The van der Waals surface area contributed by atoms with Crippen LogP contribution in [-0.2, 0) is 0 Å². The average molecular weight is 522 g/mol. The highest BCUT2D eigenvalue weighted by molar-refractivity contribution is 5.71. The quantitative estimate of drug-likeness (QED) is 0.382. The molecule has 1 aromatic carbocycles. The van der Waals surface area contributed by atoms with Crippen LogP contribution < -0.4 is 4.90 Å². The second-order valence-corrected chi connectivity index (χ2v) is 13.1. The van der Waals surface area contributed by atoms with E-state index in [0.717, 1.165) is 19.3 Å². The van der Waals surface area contributed by atoms with E-state index in [2.05, 4.69) is 110 Å². The maximum absolute atomic E-state index is 2.63. The van der Waals surface area contributed by atoms with E-state index in [4.69, 9.17) is 0 Å². The fraction of sp³-hybridized carbons (Fsp3) is 0.333. The van der Waals surface area contributed by atoms with E-state index >= 15 is 0 Å². The van der Waals surface area contributed by atoms with Crippen molar-refractivity contribution in [1.82, 2.24) is 0 Å². The van der Waals surface area contributed by atoms with Crippen molar-refractivity contribution in [2.45, 2.75) is 71.3 Å². The van der Waals surface area contributed by atoms with Crippen molar-refractivity contribution in [1.29, 1.82) is 0 Å². The fourth-order valence-corrected chi connectivity index (χ4v) is 8.52. The van der Waals surface area contributed by atoms with E-state index < -0.39 is 0 Å². The van der Waals surface area contributed by atoms with Gasteiger partial charge in [-0.3, -0.25) is 0 Å². The van der Waals surface area contributed by atoms with Gasteiger partial charge in [-0.1, -0.05) is 86.7 Å². The Bertz CT molecular complexity index is 1600. The Morgan fingerprint density at radius 2 is 1.50 bits per heavy atom. The zero-order valence-electron chi connectivity index (χ0n) is 23.9. The minimum Gasteiger partial charge on any atom is -0.333 e. The number of benzene rings is 1. The van der Waals surface area contributed by atoms with Crippen molar-refractivity contribution in [3.63, 3.8) is 0 Å². The van der Waals surface area contributed by atoms with Gasteiger partial charge in [0, 0.05) is 11.4 Å². The van der Waals surface area contributed by atoms with Crippen LogP contribution in [0.1, 0.15) is 65.2 Å². The number of rotatable bonds is 3. The smallest absolute Gasteiger partial charge is 0.0629 e. The van der Waals surface area contributed by atoms with Crippen LogP contribution in [0.4, 0.5) is 5.69 Å². The normalized spacial score (nSPS) is 28.1. The Hall–Kier alpha value is -3.58. The summed E-state index contributed by atoms with van der Waals surface area (Å²) < 4.78 is 0. The summed E-state index contributed by atoms with van der Waals surface area (Å²) in [5.74, 6) is 0.598. The average Bonchev–Trinajstić information content (AvgIpc) is 3.46. The Labute approximate surface area is 239 Å². The van der Waals surface area contributed by atoms with Crippen molar-refractivity contribution in [2.75, 3.05) is 4.90 Å². The summed E-state index contributed by atoms with van der Waals surface area (Å²) in [7, 11) is 0.